The molecule has 0 radical (unpaired) electrons. The molecule has 174 valence electrons. The number of phenols is 3. The second-order valence-corrected chi connectivity index (χ2v) is 8.63. The molecule has 4 aromatic rings. The molecule has 0 aliphatic carbocycles. The monoisotopic (exact) mass is 455 g/mol. The highest BCUT2D eigenvalue weighted by molar-refractivity contribution is 5.82. The van der Waals surface area contributed by atoms with Gasteiger partial charge in [-0.1, -0.05) is 12.1 Å². The maximum Gasteiger partial charge on any atom is 0.127 e. The molecule has 34 heavy (non-hydrogen) atoms. The third-order valence-electron chi connectivity index (χ3n) is 6.19. The van der Waals surface area contributed by atoms with Gasteiger partial charge in [-0.25, -0.2) is 0 Å². The largest absolute Gasteiger partial charge is 0.508 e. The fraction of sp³-hybridized carbons (Fsp3) is 0.172. The van der Waals surface area contributed by atoms with Gasteiger partial charge in [-0.2, -0.15) is 0 Å². The molecule has 5 nitrogen and oxygen atoms in total. The molecule has 4 rings (SSSR count). The summed E-state index contributed by atoms with van der Waals surface area (Å²) in [4.78, 5) is 2.03. The Labute approximate surface area is 200 Å². The first kappa shape index (κ1) is 23.1. The standard InChI is InChI=1S/C29H29NO4/c1-17-6-13-25(20(4)28(17)32)30(26-14-7-18(2)29(33)21(26)5)22-8-10-23(11-9-22)34-24-12-15-27(31)19(3)16-24/h6-16,31-33H,1-5H3. The smallest absolute Gasteiger partial charge is 0.127 e. The van der Waals surface area contributed by atoms with Crippen LogP contribution in [0, 0.1) is 34.6 Å². The Balaban J connectivity index is 1.79. The van der Waals surface area contributed by atoms with Gasteiger partial charge in [0, 0.05) is 16.8 Å². The van der Waals surface area contributed by atoms with Crippen molar-refractivity contribution in [3.05, 3.63) is 94.5 Å². The van der Waals surface area contributed by atoms with Crippen LogP contribution in [-0.2, 0) is 0 Å². The van der Waals surface area contributed by atoms with Crippen LogP contribution in [0.4, 0.5) is 17.1 Å². The molecule has 5 heteroatoms. The lowest BCUT2D eigenvalue weighted by Gasteiger charge is -2.29. The van der Waals surface area contributed by atoms with Gasteiger partial charge in [0.25, 0.3) is 0 Å². The van der Waals surface area contributed by atoms with Crippen molar-refractivity contribution in [3.63, 3.8) is 0 Å². The fourth-order valence-corrected chi connectivity index (χ4v) is 4.03. The Morgan fingerprint density at radius 1 is 0.559 bits per heavy atom. The molecule has 0 saturated carbocycles. The van der Waals surface area contributed by atoms with Gasteiger partial charge >= 0.3 is 0 Å². The highest BCUT2D eigenvalue weighted by Crippen LogP contribution is 2.44. The van der Waals surface area contributed by atoms with Crippen molar-refractivity contribution < 1.29 is 20.1 Å². The van der Waals surface area contributed by atoms with E-state index in [0.717, 1.165) is 44.9 Å². The Morgan fingerprint density at radius 3 is 1.56 bits per heavy atom. The Kier molecular flexibility index (Phi) is 6.12. The minimum absolute atomic E-state index is 0.229. The minimum Gasteiger partial charge on any atom is -0.508 e. The van der Waals surface area contributed by atoms with Crippen LogP contribution in [0.3, 0.4) is 0 Å². The lowest BCUT2D eigenvalue weighted by atomic mass is 10.0. The number of rotatable bonds is 5. The predicted octanol–water partition coefficient (Wildman–Crippen LogP) is 7.61. The van der Waals surface area contributed by atoms with E-state index in [9.17, 15) is 15.3 Å². The van der Waals surface area contributed by atoms with Crippen molar-refractivity contribution in [2.24, 2.45) is 0 Å². The van der Waals surface area contributed by atoms with E-state index in [1.807, 2.05) is 88.0 Å². The summed E-state index contributed by atoms with van der Waals surface area (Å²) in [5, 5.41) is 31.0. The topological polar surface area (TPSA) is 73.2 Å². The van der Waals surface area contributed by atoms with Crippen LogP contribution in [0.5, 0.6) is 28.7 Å². The van der Waals surface area contributed by atoms with E-state index in [1.54, 1.807) is 18.2 Å². The van der Waals surface area contributed by atoms with Crippen LogP contribution < -0.4 is 9.64 Å². The molecule has 0 spiro atoms. The summed E-state index contributed by atoms with van der Waals surface area (Å²) in [5.41, 5.74) is 6.33. The van der Waals surface area contributed by atoms with Gasteiger partial charge in [-0.3, -0.25) is 0 Å². The Hall–Kier alpha value is -4.12. The second kappa shape index (κ2) is 9.02. The van der Waals surface area contributed by atoms with E-state index in [2.05, 4.69) is 0 Å². The van der Waals surface area contributed by atoms with Crippen molar-refractivity contribution >= 4 is 17.1 Å². The van der Waals surface area contributed by atoms with Gasteiger partial charge in [0.1, 0.15) is 28.7 Å². The number of nitrogens with zero attached hydrogens (tertiary/aromatic N) is 1. The first-order valence-corrected chi connectivity index (χ1v) is 11.1. The summed E-state index contributed by atoms with van der Waals surface area (Å²) in [7, 11) is 0. The molecular weight excluding hydrogens is 426 g/mol. The van der Waals surface area contributed by atoms with Crippen LogP contribution in [0.25, 0.3) is 0 Å². The molecule has 0 atom stereocenters. The Bertz CT molecular complexity index is 1300. The molecule has 0 fully saturated rings. The molecule has 0 aliphatic rings. The predicted molar refractivity (Wildman–Crippen MR) is 136 cm³/mol. The van der Waals surface area contributed by atoms with Gasteiger partial charge in [-0.15, -0.1) is 0 Å². The molecule has 0 saturated heterocycles. The minimum atomic E-state index is 0.229. The number of aryl methyl sites for hydroxylation is 3. The van der Waals surface area contributed by atoms with E-state index in [4.69, 9.17) is 4.74 Å². The third kappa shape index (κ3) is 4.25. The normalized spacial score (nSPS) is 10.9. The molecule has 3 N–H and O–H groups in total. The number of hydrogen-bond acceptors (Lipinski definition) is 5. The van der Waals surface area contributed by atoms with E-state index >= 15 is 0 Å². The number of anilines is 3. The van der Waals surface area contributed by atoms with Crippen LogP contribution in [0.15, 0.2) is 66.7 Å². The van der Waals surface area contributed by atoms with E-state index in [0.29, 0.717) is 11.5 Å². The number of ether oxygens (including phenoxy) is 1. The summed E-state index contributed by atoms with van der Waals surface area (Å²) in [5.74, 6) is 2.02. The summed E-state index contributed by atoms with van der Waals surface area (Å²) in [6, 6.07) is 20.5. The van der Waals surface area contributed by atoms with Crippen LogP contribution >= 0.6 is 0 Å². The van der Waals surface area contributed by atoms with Crippen LogP contribution in [0.2, 0.25) is 0 Å². The summed E-state index contributed by atoms with van der Waals surface area (Å²) < 4.78 is 5.97. The molecule has 0 aliphatic heterocycles. The lowest BCUT2D eigenvalue weighted by Crippen LogP contribution is -2.13. The zero-order chi connectivity index (χ0) is 24.6. The van der Waals surface area contributed by atoms with Gasteiger partial charge in [0.2, 0.25) is 0 Å². The zero-order valence-electron chi connectivity index (χ0n) is 20.0. The van der Waals surface area contributed by atoms with Gasteiger partial charge < -0.3 is 25.0 Å². The molecule has 0 amide bonds. The number of aromatic hydroxyl groups is 3. The highest BCUT2D eigenvalue weighted by Gasteiger charge is 2.20. The van der Waals surface area contributed by atoms with Crippen molar-refractivity contribution in [1.82, 2.24) is 0 Å². The summed E-state index contributed by atoms with van der Waals surface area (Å²) in [6.07, 6.45) is 0. The third-order valence-corrected chi connectivity index (χ3v) is 6.19. The summed E-state index contributed by atoms with van der Waals surface area (Å²) in [6.45, 7) is 9.34. The number of phenolic OH excluding ortho intramolecular Hbond substituents is 3. The van der Waals surface area contributed by atoms with Crippen LogP contribution in [0.1, 0.15) is 27.8 Å². The second-order valence-electron chi connectivity index (χ2n) is 8.63. The highest BCUT2D eigenvalue weighted by atomic mass is 16.5. The molecule has 0 heterocycles. The molecule has 0 aromatic heterocycles. The van der Waals surface area contributed by atoms with Gasteiger partial charge in [0.15, 0.2) is 0 Å². The van der Waals surface area contributed by atoms with Crippen LogP contribution in [-0.4, -0.2) is 15.3 Å². The van der Waals surface area contributed by atoms with Crippen molar-refractivity contribution in [2.45, 2.75) is 34.6 Å². The Morgan fingerprint density at radius 2 is 1.06 bits per heavy atom. The molecular formula is C29H29NO4. The fourth-order valence-electron chi connectivity index (χ4n) is 4.03. The first-order valence-electron chi connectivity index (χ1n) is 11.1. The quantitative estimate of drug-likeness (QED) is 0.289. The first-order chi connectivity index (χ1) is 16.2. The lowest BCUT2D eigenvalue weighted by molar-refractivity contribution is 0.460. The average Bonchev–Trinajstić information content (AvgIpc) is 2.82. The number of hydrogen-bond donors (Lipinski definition) is 3. The van der Waals surface area contributed by atoms with E-state index in [1.165, 1.54) is 0 Å². The van der Waals surface area contributed by atoms with Crippen molar-refractivity contribution in [2.75, 3.05) is 4.90 Å². The van der Waals surface area contributed by atoms with E-state index < -0.39 is 0 Å². The summed E-state index contributed by atoms with van der Waals surface area (Å²) >= 11 is 0. The zero-order valence-corrected chi connectivity index (χ0v) is 20.0. The average molecular weight is 456 g/mol. The number of benzene rings is 4. The molecule has 4 aromatic carbocycles. The van der Waals surface area contributed by atoms with Crippen molar-refractivity contribution in [3.8, 4) is 28.7 Å². The van der Waals surface area contributed by atoms with Gasteiger partial charge in [0.05, 0.1) is 11.4 Å². The SMILES string of the molecule is Cc1cc(Oc2ccc(N(c3ccc(C)c(O)c3C)c3ccc(C)c(O)c3C)cc2)ccc1O. The van der Waals surface area contributed by atoms with E-state index in [-0.39, 0.29) is 17.2 Å². The maximum absolute atomic E-state index is 10.6. The van der Waals surface area contributed by atoms with Gasteiger partial charge in [-0.05, 0) is 106 Å². The molecule has 0 bridgehead atoms. The molecule has 0 unspecified atom stereocenters. The van der Waals surface area contributed by atoms with Crippen molar-refractivity contribution in [1.29, 1.82) is 0 Å². The maximum atomic E-state index is 10.6.